The summed E-state index contributed by atoms with van der Waals surface area (Å²) in [4.78, 5) is 22.7. The molecule has 1 unspecified atom stereocenters. The first kappa shape index (κ1) is 15.1. The highest BCUT2D eigenvalue weighted by atomic mass is 32.2. The minimum atomic E-state index is -0.381. The fraction of sp³-hybridized carbons (Fsp3) is 0.250. The van der Waals surface area contributed by atoms with Gasteiger partial charge in [-0.05, 0) is 18.6 Å². The number of carbonyl (C=O) groups is 1. The monoisotopic (exact) mass is 343 g/mol. The number of anilines is 1. The molecular weight excluding hydrogens is 329 g/mol. The molecule has 1 aliphatic heterocycles. The van der Waals surface area contributed by atoms with Gasteiger partial charge in [0.25, 0.3) is 0 Å². The van der Waals surface area contributed by atoms with Gasteiger partial charge in [-0.15, -0.1) is 0 Å². The zero-order chi connectivity index (χ0) is 16.7. The fourth-order valence-corrected chi connectivity index (χ4v) is 3.94. The van der Waals surface area contributed by atoms with Gasteiger partial charge < -0.3 is 4.90 Å². The molecule has 1 amide bonds. The Morgan fingerprint density at radius 2 is 2.12 bits per heavy atom. The second-order valence-electron chi connectivity index (χ2n) is 5.52. The standard InChI is InChI=1S/C16H14FN5OS/c1-21-14-10(8-20-21)15(19-9-18-14)24-13-6-7-22(16(13)23)12-5-3-2-4-11(12)17/h2-5,8-9,13H,6-7H2,1H3. The Morgan fingerprint density at radius 1 is 1.29 bits per heavy atom. The highest BCUT2D eigenvalue weighted by Crippen LogP contribution is 2.35. The molecule has 4 rings (SSSR count). The van der Waals surface area contributed by atoms with Crippen molar-refractivity contribution in [1.82, 2.24) is 19.7 Å². The number of thioether (sulfide) groups is 1. The van der Waals surface area contributed by atoms with Crippen molar-refractivity contribution in [2.45, 2.75) is 16.7 Å². The van der Waals surface area contributed by atoms with E-state index in [-0.39, 0.29) is 17.0 Å². The molecule has 3 heterocycles. The van der Waals surface area contributed by atoms with Crippen molar-refractivity contribution in [1.29, 1.82) is 0 Å². The number of amides is 1. The van der Waals surface area contributed by atoms with Crippen LogP contribution in [0.5, 0.6) is 0 Å². The minimum absolute atomic E-state index is 0.0965. The second-order valence-corrected chi connectivity index (χ2v) is 6.71. The van der Waals surface area contributed by atoms with E-state index in [1.165, 1.54) is 29.1 Å². The van der Waals surface area contributed by atoms with Gasteiger partial charge in [0.2, 0.25) is 5.91 Å². The van der Waals surface area contributed by atoms with Crippen molar-refractivity contribution in [2.75, 3.05) is 11.4 Å². The SMILES string of the molecule is Cn1ncc2c(SC3CCN(c4ccccc4F)C3=O)ncnc21. The van der Waals surface area contributed by atoms with Crippen LogP contribution >= 0.6 is 11.8 Å². The van der Waals surface area contributed by atoms with Crippen LogP contribution in [0.3, 0.4) is 0 Å². The van der Waals surface area contributed by atoms with E-state index in [9.17, 15) is 9.18 Å². The third-order valence-corrected chi connectivity index (χ3v) is 5.32. The molecule has 122 valence electrons. The van der Waals surface area contributed by atoms with Crippen LogP contribution in [-0.2, 0) is 11.8 Å². The third kappa shape index (κ3) is 2.43. The predicted octanol–water partition coefficient (Wildman–Crippen LogP) is 2.40. The molecule has 1 fully saturated rings. The van der Waals surface area contributed by atoms with Crippen LogP contribution < -0.4 is 4.90 Å². The Hall–Kier alpha value is -2.48. The summed E-state index contributed by atoms with van der Waals surface area (Å²) >= 11 is 1.39. The van der Waals surface area contributed by atoms with Gasteiger partial charge >= 0.3 is 0 Å². The van der Waals surface area contributed by atoms with Gasteiger partial charge in [0.1, 0.15) is 17.2 Å². The van der Waals surface area contributed by atoms with Crippen LogP contribution in [-0.4, -0.2) is 37.5 Å². The van der Waals surface area contributed by atoms with E-state index < -0.39 is 0 Å². The van der Waals surface area contributed by atoms with Gasteiger partial charge in [-0.25, -0.2) is 14.4 Å². The highest BCUT2D eigenvalue weighted by Gasteiger charge is 2.35. The van der Waals surface area contributed by atoms with Crippen LogP contribution in [0.15, 0.2) is 41.8 Å². The topological polar surface area (TPSA) is 63.9 Å². The summed E-state index contributed by atoms with van der Waals surface area (Å²) in [6.07, 6.45) is 3.82. The van der Waals surface area contributed by atoms with Crippen molar-refractivity contribution < 1.29 is 9.18 Å². The molecule has 0 radical (unpaired) electrons. The molecule has 1 aromatic carbocycles. The first-order valence-corrected chi connectivity index (χ1v) is 8.38. The van der Waals surface area contributed by atoms with Crippen molar-refractivity contribution >= 4 is 34.4 Å². The molecule has 0 bridgehead atoms. The van der Waals surface area contributed by atoms with Gasteiger partial charge in [0.05, 0.1) is 22.5 Å². The lowest BCUT2D eigenvalue weighted by Crippen LogP contribution is -2.28. The van der Waals surface area contributed by atoms with Crippen LogP contribution in [0.4, 0.5) is 10.1 Å². The summed E-state index contributed by atoms with van der Waals surface area (Å²) in [6.45, 7) is 0.499. The maximum absolute atomic E-state index is 13.9. The first-order chi connectivity index (χ1) is 11.6. The van der Waals surface area contributed by atoms with Gasteiger partial charge in [-0.3, -0.25) is 9.48 Å². The van der Waals surface area contributed by atoms with Crippen LogP contribution in [0.2, 0.25) is 0 Å². The normalized spacial score (nSPS) is 17.8. The fourth-order valence-electron chi connectivity index (χ4n) is 2.84. The number of rotatable bonds is 3. The Balaban J connectivity index is 1.60. The number of fused-ring (bicyclic) bond motifs is 1. The van der Waals surface area contributed by atoms with E-state index in [0.29, 0.717) is 18.7 Å². The molecule has 0 N–H and O–H groups in total. The van der Waals surface area contributed by atoms with E-state index in [4.69, 9.17) is 0 Å². The molecule has 0 saturated carbocycles. The molecule has 1 saturated heterocycles. The minimum Gasteiger partial charge on any atom is -0.309 e. The van der Waals surface area contributed by atoms with Crippen LogP contribution in [0, 0.1) is 5.82 Å². The molecule has 1 aliphatic rings. The number of aromatic nitrogens is 4. The van der Waals surface area contributed by atoms with E-state index in [1.54, 1.807) is 29.1 Å². The lowest BCUT2D eigenvalue weighted by atomic mass is 10.3. The number of halogens is 1. The molecule has 0 spiro atoms. The Labute approximate surface area is 141 Å². The molecule has 24 heavy (non-hydrogen) atoms. The lowest BCUT2D eigenvalue weighted by molar-refractivity contribution is -0.116. The van der Waals surface area contributed by atoms with Crippen molar-refractivity contribution in [2.24, 2.45) is 7.05 Å². The number of hydrogen-bond acceptors (Lipinski definition) is 5. The number of benzene rings is 1. The number of carbonyl (C=O) groups excluding carboxylic acids is 1. The van der Waals surface area contributed by atoms with Crippen molar-refractivity contribution in [3.8, 4) is 0 Å². The Bertz CT molecular complexity index is 928. The van der Waals surface area contributed by atoms with Gasteiger partial charge in [-0.2, -0.15) is 5.10 Å². The molecular formula is C16H14FN5OS. The van der Waals surface area contributed by atoms with Crippen molar-refractivity contribution in [3.63, 3.8) is 0 Å². The van der Waals surface area contributed by atoms with E-state index in [0.717, 1.165) is 16.1 Å². The summed E-state index contributed by atoms with van der Waals surface area (Å²) in [5.74, 6) is -0.478. The average Bonchev–Trinajstić information content (AvgIpc) is 3.13. The molecule has 0 aliphatic carbocycles. The van der Waals surface area contributed by atoms with E-state index in [1.807, 2.05) is 7.05 Å². The molecule has 3 aromatic rings. The number of nitrogens with zero attached hydrogens (tertiary/aromatic N) is 5. The van der Waals surface area contributed by atoms with Gasteiger partial charge in [-0.1, -0.05) is 23.9 Å². The quantitative estimate of drug-likeness (QED) is 0.683. The Morgan fingerprint density at radius 3 is 2.96 bits per heavy atom. The largest absolute Gasteiger partial charge is 0.309 e. The highest BCUT2D eigenvalue weighted by molar-refractivity contribution is 8.00. The zero-order valence-electron chi connectivity index (χ0n) is 12.9. The summed E-state index contributed by atoms with van der Waals surface area (Å²) in [5, 5.41) is 5.44. The van der Waals surface area contributed by atoms with Crippen molar-refractivity contribution in [3.05, 3.63) is 42.6 Å². The smallest absolute Gasteiger partial charge is 0.240 e. The third-order valence-electron chi connectivity index (χ3n) is 4.05. The van der Waals surface area contributed by atoms with Crippen LogP contribution in [0.1, 0.15) is 6.42 Å². The summed E-state index contributed by atoms with van der Waals surface area (Å²) in [6, 6.07) is 6.35. The number of para-hydroxylation sites is 1. The van der Waals surface area contributed by atoms with Gasteiger partial charge in [0, 0.05) is 13.6 Å². The Kier molecular flexibility index (Phi) is 3.68. The molecule has 1 atom stereocenters. The second kappa shape index (κ2) is 5.86. The zero-order valence-corrected chi connectivity index (χ0v) is 13.7. The van der Waals surface area contributed by atoms with E-state index in [2.05, 4.69) is 15.1 Å². The average molecular weight is 343 g/mol. The summed E-state index contributed by atoms with van der Waals surface area (Å²) in [5.41, 5.74) is 1.06. The summed E-state index contributed by atoms with van der Waals surface area (Å²) in [7, 11) is 1.81. The molecule has 8 heteroatoms. The number of aryl methyl sites for hydroxylation is 1. The molecule has 2 aromatic heterocycles. The first-order valence-electron chi connectivity index (χ1n) is 7.50. The summed E-state index contributed by atoms with van der Waals surface area (Å²) < 4.78 is 15.6. The molecule has 6 nitrogen and oxygen atoms in total. The number of hydrogen-bond donors (Lipinski definition) is 0. The maximum Gasteiger partial charge on any atom is 0.240 e. The van der Waals surface area contributed by atoms with E-state index >= 15 is 0 Å². The maximum atomic E-state index is 13.9. The van der Waals surface area contributed by atoms with Gasteiger partial charge in [0.15, 0.2) is 5.65 Å². The van der Waals surface area contributed by atoms with Crippen LogP contribution in [0.25, 0.3) is 11.0 Å². The lowest BCUT2D eigenvalue weighted by Gasteiger charge is -2.17. The predicted molar refractivity (Wildman–Crippen MR) is 89.3 cm³/mol.